The molecule has 6 nitrogen and oxygen atoms in total. The SMILES string of the molecule is CCOc1ccc(-n2c(SCC(=O)Nc3c(C)cccc3CC)nc3sc4c(c3c2=O)CCCC4)cc1. The van der Waals surface area contributed by atoms with Crippen molar-refractivity contribution in [3.63, 3.8) is 0 Å². The number of anilines is 1. The Balaban J connectivity index is 1.51. The van der Waals surface area contributed by atoms with Crippen molar-refractivity contribution in [1.82, 2.24) is 9.55 Å². The van der Waals surface area contributed by atoms with Gasteiger partial charge in [-0.15, -0.1) is 11.3 Å². The number of nitrogens with one attached hydrogen (secondary N) is 1. The topological polar surface area (TPSA) is 73.2 Å². The lowest BCUT2D eigenvalue weighted by atomic mass is 9.97. The molecule has 192 valence electrons. The second kappa shape index (κ2) is 11.1. The van der Waals surface area contributed by atoms with Crippen molar-refractivity contribution >= 4 is 44.9 Å². The number of amides is 1. The molecule has 1 amide bonds. The summed E-state index contributed by atoms with van der Waals surface area (Å²) < 4.78 is 7.25. The lowest BCUT2D eigenvalue weighted by Crippen LogP contribution is -2.23. The van der Waals surface area contributed by atoms with E-state index in [4.69, 9.17) is 9.72 Å². The zero-order chi connectivity index (χ0) is 25.9. The molecule has 5 rings (SSSR count). The van der Waals surface area contributed by atoms with E-state index in [2.05, 4.69) is 12.2 Å². The van der Waals surface area contributed by atoms with Crippen molar-refractivity contribution < 1.29 is 9.53 Å². The molecule has 37 heavy (non-hydrogen) atoms. The number of nitrogens with zero attached hydrogens (tertiary/aromatic N) is 2. The zero-order valence-electron chi connectivity index (χ0n) is 21.4. The van der Waals surface area contributed by atoms with Gasteiger partial charge in [0, 0.05) is 10.6 Å². The maximum Gasteiger partial charge on any atom is 0.267 e. The Hall–Kier alpha value is -3.10. The lowest BCUT2D eigenvalue weighted by molar-refractivity contribution is -0.113. The van der Waals surface area contributed by atoms with E-state index in [1.165, 1.54) is 16.6 Å². The van der Waals surface area contributed by atoms with Crippen LogP contribution >= 0.6 is 23.1 Å². The molecule has 2 heterocycles. The third-order valence-corrected chi connectivity index (χ3v) is 8.83. The summed E-state index contributed by atoms with van der Waals surface area (Å²) in [4.78, 5) is 33.9. The minimum Gasteiger partial charge on any atom is -0.494 e. The molecule has 2 aromatic heterocycles. The van der Waals surface area contributed by atoms with Crippen molar-refractivity contribution in [2.75, 3.05) is 17.7 Å². The Bertz CT molecular complexity index is 1510. The van der Waals surface area contributed by atoms with E-state index in [9.17, 15) is 9.59 Å². The van der Waals surface area contributed by atoms with Crippen LogP contribution in [-0.4, -0.2) is 27.8 Å². The molecule has 0 atom stereocenters. The Morgan fingerprint density at radius 1 is 1.14 bits per heavy atom. The minimum absolute atomic E-state index is 0.0661. The number of aromatic nitrogens is 2. The van der Waals surface area contributed by atoms with Gasteiger partial charge in [0.1, 0.15) is 10.6 Å². The van der Waals surface area contributed by atoms with Crippen LogP contribution in [0.2, 0.25) is 0 Å². The van der Waals surface area contributed by atoms with Gasteiger partial charge in [-0.25, -0.2) is 4.98 Å². The van der Waals surface area contributed by atoms with Crippen molar-refractivity contribution in [3.05, 3.63) is 74.4 Å². The van der Waals surface area contributed by atoms with Gasteiger partial charge in [-0.2, -0.15) is 0 Å². The van der Waals surface area contributed by atoms with Crippen molar-refractivity contribution in [3.8, 4) is 11.4 Å². The number of fused-ring (bicyclic) bond motifs is 3. The summed E-state index contributed by atoms with van der Waals surface area (Å²) in [5, 5.41) is 4.34. The molecule has 1 aliphatic rings. The van der Waals surface area contributed by atoms with Crippen molar-refractivity contribution in [2.24, 2.45) is 0 Å². The van der Waals surface area contributed by atoms with Crippen LogP contribution < -0.4 is 15.6 Å². The van der Waals surface area contributed by atoms with Gasteiger partial charge in [-0.3, -0.25) is 14.2 Å². The number of ether oxygens (including phenoxy) is 1. The van der Waals surface area contributed by atoms with Crippen molar-refractivity contribution in [1.29, 1.82) is 0 Å². The predicted molar refractivity (Wildman–Crippen MR) is 153 cm³/mol. The maximum atomic E-state index is 13.9. The van der Waals surface area contributed by atoms with Gasteiger partial charge in [0.25, 0.3) is 5.56 Å². The molecule has 0 bridgehead atoms. The highest BCUT2D eigenvalue weighted by molar-refractivity contribution is 7.99. The number of aryl methyl sites for hydroxylation is 4. The first kappa shape index (κ1) is 25.5. The fourth-order valence-corrected chi connectivity index (χ4v) is 6.99. The van der Waals surface area contributed by atoms with Gasteiger partial charge < -0.3 is 10.1 Å². The van der Waals surface area contributed by atoms with Crippen LogP contribution in [0.1, 0.15) is 48.3 Å². The van der Waals surface area contributed by atoms with E-state index in [0.29, 0.717) is 17.5 Å². The third-order valence-electron chi connectivity index (χ3n) is 6.70. The Kier molecular flexibility index (Phi) is 7.67. The van der Waals surface area contributed by atoms with Gasteiger partial charge in [0.05, 0.1) is 23.4 Å². The lowest BCUT2D eigenvalue weighted by Gasteiger charge is -2.15. The van der Waals surface area contributed by atoms with Crippen LogP contribution in [0.25, 0.3) is 15.9 Å². The van der Waals surface area contributed by atoms with Crippen LogP contribution in [0.4, 0.5) is 5.69 Å². The summed E-state index contributed by atoms with van der Waals surface area (Å²) in [7, 11) is 0. The summed E-state index contributed by atoms with van der Waals surface area (Å²) in [6, 6.07) is 13.5. The molecule has 1 aliphatic carbocycles. The standard InChI is InChI=1S/C29H31N3O3S2/c1-4-19-10-8-9-18(3)26(19)30-24(33)17-36-29-31-27-25(22-11-6-7-12-23(22)37-27)28(34)32(29)20-13-15-21(16-14-20)35-5-2/h8-10,13-16H,4-7,11-12,17H2,1-3H3,(H,30,33). The van der Waals surface area contributed by atoms with Crippen LogP contribution in [0.15, 0.2) is 52.4 Å². The highest BCUT2D eigenvalue weighted by Crippen LogP contribution is 2.35. The molecule has 1 N–H and O–H groups in total. The third kappa shape index (κ3) is 5.18. The van der Waals surface area contributed by atoms with Gasteiger partial charge >= 0.3 is 0 Å². The molecule has 0 radical (unpaired) electrons. The monoisotopic (exact) mass is 533 g/mol. The summed E-state index contributed by atoms with van der Waals surface area (Å²) in [6.45, 7) is 6.59. The molecule has 0 saturated heterocycles. The first-order valence-corrected chi connectivity index (χ1v) is 14.6. The number of hydrogen-bond acceptors (Lipinski definition) is 6. The van der Waals surface area contributed by atoms with E-state index >= 15 is 0 Å². The average molecular weight is 534 g/mol. The molecular weight excluding hydrogens is 502 g/mol. The van der Waals surface area contributed by atoms with E-state index < -0.39 is 0 Å². The molecule has 0 saturated carbocycles. The smallest absolute Gasteiger partial charge is 0.267 e. The number of carbonyl (C=O) groups excluding carboxylic acids is 1. The van der Waals surface area contributed by atoms with Gasteiger partial charge in [-0.1, -0.05) is 36.9 Å². The Morgan fingerprint density at radius 3 is 2.68 bits per heavy atom. The van der Waals surface area contributed by atoms with E-state index in [1.54, 1.807) is 15.9 Å². The van der Waals surface area contributed by atoms with E-state index in [-0.39, 0.29) is 17.2 Å². The molecular formula is C29H31N3O3S2. The molecule has 0 fully saturated rings. The van der Waals surface area contributed by atoms with E-state index in [1.807, 2.05) is 56.3 Å². The molecule has 4 aromatic rings. The number of benzene rings is 2. The molecule has 8 heteroatoms. The molecule has 0 unspecified atom stereocenters. The number of thiophene rings is 1. The first-order chi connectivity index (χ1) is 18.0. The molecule has 0 spiro atoms. The summed E-state index contributed by atoms with van der Waals surface area (Å²) >= 11 is 2.92. The predicted octanol–water partition coefficient (Wildman–Crippen LogP) is 6.33. The van der Waals surface area contributed by atoms with Crippen LogP contribution in [-0.2, 0) is 24.1 Å². The van der Waals surface area contributed by atoms with Gasteiger partial charge in [-0.05, 0) is 86.9 Å². The van der Waals surface area contributed by atoms with Crippen LogP contribution in [0.5, 0.6) is 5.75 Å². The van der Waals surface area contributed by atoms with Crippen molar-refractivity contribution in [2.45, 2.75) is 58.0 Å². The van der Waals surface area contributed by atoms with Gasteiger partial charge in [0.2, 0.25) is 5.91 Å². The zero-order valence-corrected chi connectivity index (χ0v) is 23.1. The average Bonchev–Trinajstić information content (AvgIpc) is 3.28. The normalized spacial score (nSPS) is 12.9. The van der Waals surface area contributed by atoms with Crippen LogP contribution in [0, 0.1) is 6.92 Å². The maximum absolute atomic E-state index is 13.9. The summed E-state index contributed by atoms with van der Waals surface area (Å²) in [5.74, 6) is 0.782. The Labute approximate surface area is 225 Å². The van der Waals surface area contributed by atoms with Crippen LogP contribution in [0.3, 0.4) is 0 Å². The summed E-state index contributed by atoms with van der Waals surface area (Å²) in [6.07, 6.45) is 4.99. The van der Waals surface area contributed by atoms with Gasteiger partial charge in [0.15, 0.2) is 5.16 Å². The minimum atomic E-state index is -0.118. The Morgan fingerprint density at radius 2 is 1.92 bits per heavy atom. The number of carbonyl (C=O) groups is 1. The fourth-order valence-electron chi connectivity index (χ4n) is 4.88. The molecule has 2 aromatic carbocycles. The number of para-hydroxylation sites is 1. The number of thioether (sulfide) groups is 1. The fraction of sp³-hybridized carbons (Fsp3) is 0.345. The highest BCUT2D eigenvalue weighted by atomic mass is 32.2. The summed E-state index contributed by atoms with van der Waals surface area (Å²) in [5.41, 5.74) is 4.82. The quantitative estimate of drug-likeness (QED) is 0.212. The van der Waals surface area contributed by atoms with E-state index in [0.717, 1.165) is 70.4 Å². The molecule has 0 aliphatic heterocycles. The number of hydrogen-bond donors (Lipinski definition) is 1. The highest BCUT2D eigenvalue weighted by Gasteiger charge is 2.23. The second-order valence-electron chi connectivity index (χ2n) is 9.15. The number of rotatable bonds is 8. The largest absolute Gasteiger partial charge is 0.494 e. The first-order valence-electron chi connectivity index (χ1n) is 12.8. The second-order valence-corrected chi connectivity index (χ2v) is 11.2.